The molecule has 0 unspecified atom stereocenters. The molecule has 0 aliphatic carbocycles. The van der Waals surface area contributed by atoms with Gasteiger partial charge in [0.2, 0.25) is 11.8 Å². The number of carbonyl (C=O) groups excluding carboxylic acids is 1. The van der Waals surface area contributed by atoms with E-state index in [4.69, 9.17) is 4.42 Å². The molecule has 1 heterocycles. The number of nitrogens with one attached hydrogen (secondary N) is 1. The van der Waals surface area contributed by atoms with Gasteiger partial charge in [-0.3, -0.25) is 4.79 Å². The first-order valence-electron chi connectivity index (χ1n) is 7.64. The van der Waals surface area contributed by atoms with Crippen LogP contribution in [0.5, 0.6) is 0 Å². The van der Waals surface area contributed by atoms with E-state index in [9.17, 15) is 9.18 Å². The Hall–Kier alpha value is -2.95. The minimum absolute atomic E-state index is 0.142. The first kappa shape index (κ1) is 15.9. The van der Waals surface area contributed by atoms with E-state index in [2.05, 4.69) is 10.3 Å². The van der Waals surface area contributed by atoms with Crippen LogP contribution in [0.1, 0.15) is 17.0 Å². The van der Waals surface area contributed by atoms with Gasteiger partial charge in [-0.1, -0.05) is 30.3 Å². The number of hydrogen-bond donors (Lipinski definition) is 1. The van der Waals surface area contributed by atoms with Gasteiger partial charge in [-0.2, -0.15) is 0 Å². The summed E-state index contributed by atoms with van der Waals surface area (Å²) < 4.78 is 18.5. The Balaban J connectivity index is 1.62. The molecule has 5 heteroatoms. The smallest absolute Gasteiger partial charge is 0.226 e. The third-order valence-electron chi connectivity index (χ3n) is 3.64. The minimum atomic E-state index is -0.295. The number of hydrogen-bond acceptors (Lipinski definition) is 3. The Morgan fingerprint density at radius 3 is 2.54 bits per heavy atom. The molecule has 1 N–H and O–H groups in total. The van der Waals surface area contributed by atoms with Crippen LogP contribution in [0, 0.1) is 12.7 Å². The number of carbonyl (C=O) groups is 1. The van der Waals surface area contributed by atoms with Crippen LogP contribution in [0.15, 0.2) is 59.0 Å². The van der Waals surface area contributed by atoms with Gasteiger partial charge in [-0.05, 0) is 36.8 Å². The monoisotopic (exact) mass is 324 g/mol. The number of aryl methyl sites for hydroxylation is 1. The molecule has 24 heavy (non-hydrogen) atoms. The zero-order valence-electron chi connectivity index (χ0n) is 13.3. The van der Waals surface area contributed by atoms with E-state index in [1.807, 2.05) is 30.3 Å². The van der Waals surface area contributed by atoms with Gasteiger partial charge in [0.15, 0.2) is 0 Å². The summed E-state index contributed by atoms with van der Waals surface area (Å²) in [6, 6.07) is 15.6. The van der Waals surface area contributed by atoms with Crippen LogP contribution in [0.4, 0.5) is 4.39 Å². The molecule has 0 saturated heterocycles. The van der Waals surface area contributed by atoms with E-state index >= 15 is 0 Å². The highest BCUT2D eigenvalue weighted by atomic mass is 19.1. The van der Waals surface area contributed by atoms with E-state index in [-0.39, 0.29) is 18.1 Å². The molecule has 2 aromatic carbocycles. The highest BCUT2D eigenvalue weighted by Crippen LogP contribution is 2.21. The minimum Gasteiger partial charge on any atom is -0.441 e. The fourth-order valence-corrected chi connectivity index (χ4v) is 2.31. The normalized spacial score (nSPS) is 10.6. The molecule has 3 aromatic rings. The number of benzene rings is 2. The van der Waals surface area contributed by atoms with Gasteiger partial charge in [0, 0.05) is 12.1 Å². The van der Waals surface area contributed by atoms with Crippen LogP contribution >= 0.6 is 0 Å². The lowest BCUT2D eigenvalue weighted by molar-refractivity contribution is -0.120. The van der Waals surface area contributed by atoms with Crippen molar-refractivity contribution in [3.05, 3.63) is 77.4 Å². The van der Waals surface area contributed by atoms with Crippen molar-refractivity contribution in [3.63, 3.8) is 0 Å². The second-order valence-corrected chi connectivity index (χ2v) is 5.47. The zero-order valence-corrected chi connectivity index (χ0v) is 13.3. The van der Waals surface area contributed by atoms with Crippen molar-refractivity contribution in [2.24, 2.45) is 0 Å². The largest absolute Gasteiger partial charge is 0.441 e. The second-order valence-electron chi connectivity index (χ2n) is 5.47. The Morgan fingerprint density at radius 1 is 1.12 bits per heavy atom. The average Bonchev–Trinajstić information content (AvgIpc) is 2.96. The topological polar surface area (TPSA) is 55.1 Å². The van der Waals surface area contributed by atoms with E-state index in [0.29, 0.717) is 23.9 Å². The molecule has 0 bridgehead atoms. The van der Waals surface area contributed by atoms with Crippen LogP contribution in [0.3, 0.4) is 0 Å². The molecule has 0 fully saturated rings. The second kappa shape index (κ2) is 7.08. The van der Waals surface area contributed by atoms with Crippen molar-refractivity contribution < 1.29 is 13.6 Å². The summed E-state index contributed by atoms with van der Waals surface area (Å²) in [6.07, 6.45) is 0.142. The Labute approximate surface area is 139 Å². The fraction of sp³-hybridized carbons (Fsp3) is 0.158. The highest BCUT2D eigenvalue weighted by molar-refractivity contribution is 5.78. The number of halogens is 1. The molecule has 0 spiro atoms. The molecular weight excluding hydrogens is 307 g/mol. The predicted molar refractivity (Wildman–Crippen MR) is 88.6 cm³/mol. The Morgan fingerprint density at radius 2 is 1.83 bits per heavy atom. The molecule has 1 aromatic heterocycles. The summed E-state index contributed by atoms with van der Waals surface area (Å²) >= 11 is 0. The standard InChI is InChI=1S/C19H17FN2O2/c1-13-17(22-19(24-13)15-5-3-2-4-6-15)11-18(23)21-12-14-7-9-16(20)10-8-14/h2-10H,11-12H2,1H3,(H,21,23). The van der Waals surface area contributed by atoms with Gasteiger partial charge < -0.3 is 9.73 Å². The lowest BCUT2D eigenvalue weighted by Gasteiger charge is -2.04. The molecule has 0 atom stereocenters. The SMILES string of the molecule is Cc1oc(-c2ccccc2)nc1CC(=O)NCc1ccc(F)cc1. The first-order chi connectivity index (χ1) is 11.6. The van der Waals surface area contributed by atoms with Gasteiger partial charge in [0.25, 0.3) is 0 Å². The summed E-state index contributed by atoms with van der Waals surface area (Å²) in [7, 11) is 0. The predicted octanol–water partition coefficient (Wildman–Crippen LogP) is 3.65. The number of nitrogens with zero attached hydrogens (tertiary/aromatic N) is 1. The van der Waals surface area contributed by atoms with Crippen molar-refractivity contribution in [3.8, 4) is 11.5 Å². The number of rotatable bonds is 5. The first-order valence-corrected chi connectivity index (χ1v) is 7.64. The number of oxazole rings is 1. The third-order valence-corrected chi connectivity index (χ3v) is 3.64. The molecule has 0 aliphatic heterocycles. The summed E-state index contributed by atoms with van der Waals surface area (Å²) in [5, 5.41) is 2.80. The van der Waals surface area contributed by atoms with Gasteiger partial charge in [-0.15, -0.1) is 0 Å². The van der Waals surface area contributed by atoms with Gasteiger partial charge in [0.05, 0.1) is 12.1 Å². The fourth-order valence-electron chi connectivity index (χ4n) is 2.31. The molecule has 0 radical (unpaired) electrons. The molecular formula is C19H17FN2O2. The maximum absolute atomic E-state index is 12.9. The molecule has 1 amide bonds. The van der Waals surface area contributed by atoms with Gasteiger partial charge in [0.1, 0.15) is 11.6 Å². The van der Waals surface area contributed by atoms with Gasteiger partial charge in [-0.25, -0.2) is 9.37 Å². The summed E-state index contributed by atoms with van der Waals surface area (Å²) in [4.78, 5) is 16.5. The Bertz CT molecular complexity index is 826. The van der Waals surface area contributed by atoms with Crippen LogP contribution in [-0.4, -0.2) is 10.9 Å². The van der Waals surface area contributed by atoms with E-state index in [1.165, 1.54) is 12.1 Å². The van der Waals surface area contributed by atoms with E-state index in [0.717, 1.165) is 11.1 Å². The Kier molecular flexibility index (Phi) is 4.70. The highest BCUT2D eigenvalue weighted by Gasteiger charge is 2.14. The van der Waals surface area contributed by atoms with Crippen LogP contribution in [0.2, 0.25) is 0 Å². The van der Waals surface area contributed by atoms with Crippen molar-refractivity contribution in [2.45, 2.75) is 19.9 Å². The summed E-state index contributed by atoms with van der Waals surface area (Å²) in [5.74, 6) is 0.687. The average molecular weight is 324 g/mol. The van der Waals surface area contributed by atoms with Crippen LogP contribution in [-0.2, 0) is 17.8 Å². The van der Waals surface area contributed by atoms with Crippen LogP contribution < -0.4 is 5.32 Å². The lowest BCUT2D eigenvalue weighted by atomic mass is 10.2. The third kappa shape index (κ3) is 3.87. The number of amides is 1. The maximum Gasteiger partial charge on any atom is 0.226 e. The lowest BCUT2D eigenvalue weighted by Crippen LogP contribution is -2.24. The van der Waals surface area contributed by atoms with Crippen molar-refractivity contribution >= 4 is 5.91 Å². The summed E-state index contributed by atoms with van der Waals surface area (Å²) in [5.41, 5.74) is 2.33. The molecule has 0 aliphatic rings. The van der Waals surface area contributed by atoms with Crippen LogP contribution in [0.25, 0.3) is 11.5 Å². The van der Waals surface area contributed by atoms with E-state index in [1.54, 1.807) is 19.1 Å². The molecule has 3 rings (SSSR count). The molecule has 0 saturated carbocycles. The number of aromatic nitrogens is 1. The zero-order chi connectivity index (χ0) is 16.9. The van der Waals surface area contributed by atoms with Crippen molar-refractivity contribution in [1.82, 2.24) is 10.3 Å². The van der Waals surface area contributed by atoms with Gasteiger partial charge >= 0.3 is 0 Å². The summed E-state index contributed by atoms with van der Waals surface area (Å²) in [6.45, 7) is 2.14. The van der Waals surface area contributed by atoms with Crippen molar-refractivity contribution in [1.29, 1.82) is 0 Å². The molecule has 122 valence electrons. The molecule has 4 nitrogen and oxygen atoms in total. The van der Waals surface area contributed by atoms with Crippen molar-refractivity contribution in [2.75, 3.05) is 0 Å². The quantitative estimate of drug-likeness (QED) is 0.779. The van der Waals surface area contributed by atoms with E-state index < -0.39 is 0 Å². The maximum atomic E-state index is 12.9.